The fourth-order valence-electron chi connectivity index (χ4n) is 2.31. The summed E-state index contributed by atoms with van der Waals surface area (Å²) in [6, 6.07) is 16.1. The van der Waals surface area contributed by atoms with Gasteiger partial charge >= 0.3 is 0 Å². The Morgan fingerprint density at radius 2 is 1.68 bits per heavy atom. The summed E-state index contributed by atoms with van der Waals surface area (Å²) in [7, 11) is -0.327. The topological polar surface area (TPSA) is 66.5 Å². The van der Waals surface area contributed by atoms with Gasteiger partial charge in [0.15, 0.2) is 0 Å². The molecule has 0 fully saturated rings. The van der Waals surface area contributed by atoms with Gasteiger partial charge in [-0.05, 0) is 43.3 Å². The van der Waals surface area contributed by atoms with Crippen molar-refractivity contribution in [2.24, 2.45) is 0 Å². The molecule has 0 aliphatic rings. The van der Waals surface area contributed by atoms with Gasteiger partial charge in [0.1, 0.15) is 0 Å². The molecule has 0 radical (unpaired) electrons. The van der Waals surface area contributed by atoms with Gasteiger partial charge in [-0.1, -0.05) is 42.5 Å². The minimum absolute atomic E-state index is 0.0403. The molecule has 0 heterocycles. The van der Waals surface area contributed by atoms with Crippen LogP contribution in [-0.2, 0) is 14.8 Å². The van der Waals surface area contributed by atoms with E-state index < -0.39 is 10.0 Å². The molecular weight excluding hydrogens is 336 g/mol. The van der Waals surface area contributed by atoms with E-state index in [0.29, 0.717) is 0 Å². The van der Waals surface area contributed by atoms with Crippen LogP contribution in [0.1, 0.15) is 24.1 Å². The maximum atomic E-state index is 12.3. The molecule has 1 unspecified atom stereocenters. The Morgan fingerprint density at radius 1 is 1.08 bits per heavy atom. The first-order valence-corrected chi connectivity index (χ1v) is 9.37. The Kier molecular flexibility index (Phi) is 6.12. The molecule has 0 bridgehead atoms. The van der Waals surface area contributed by atoms with Gasteiger partial charge in [-0.2, -0.15) is 0 Å². The zero-order valence-electron chi connectivity index (χ0n) is 14.5. The van der Waals surface area contributed by atoms with E-state index in [1.54, 1.807) is 30.2 Å². The van der Waals surface area contributed by atoms with Crippen molar-refractivity contribution in [1.29, 1.82) is 0 Å². The van der Waals surface area contributed by atoms with Gasteiger partial charge in [0.2, 0.25) is 15.9 Å². The van der Waals surface area contributed by atoms with E-state index in [0.717, 1.165) is 11.1 Å². The lowest BCUT2D eigenvalue weighted by Gasteiger charge is -2.24. The van der Waals surface area contributed by atoms with Crippen molar-refractivity contribution >= 4 is 22.0 Å². The van der Waals surface area contributed by atoms with Gasteiger partial charge in [0.05, 0.1) is 10.9 Å². The first-order valence-electron chi connectivity index (χ1n) is 7.88. The summed E-state index contributed by atoms with van der Waals surface area (Å²) < 4.78 is 25.6. The lowest BCUT2D eigenvalue weighted by molar-refractivity contribution is -0.126. The van der Waals surface area contributed by atoms with Crippen molar-refractivity contribution < 1.29 is 13.2 Å². The molecule has 2 aromatic carbocycles. The Bertz CT molecular complexity index is 844. The fraction of sp³-hybridized carbons (Fsp3) is 0.211. The number of likely N-dealkylation sites (N-methyl/N-ethyl adjacent to an activating group) is 1. The van der Waals surface area contributed by atoms with E-state index in [-0.39, 0.29) is 16.8 Å². The van der Waals surface area contributed by atoms with Gasteiger partial charge in [-0.15, -0.1) is 0 Å². The van der Waals surface area contributed by atoms with Crippen molar-refractivity contribution in [3.05, 3.63) is 71.8 Å². The molecule has 1 amide bonds. The molecule has 25 heavy (non-hydrogen) atoms. The number of benzene rings is 2. The van der Waals surface area contributed by atoms with Crippen molar-refractivity contribution in [3.8, 4) is 0 Å². The van der Waals surface area contributed by atoms with Crippen LogP contribution in [0, 0.1) is 0 Å². The van der Waals surface area contributed by atoms with Gasteiger partial charge in [-0.3, -0.25) is 4.79 Å². The number of sulfonamides is 1. The molecule has 1 N–H and O–H groups in total. The lowest BCUT2D eigenvalue weighted by Crippen LogP contribution is -2.27. The van der Waals surface area contributed by atoms with Crippen LogP contribution in [-0.4, -0.2) is 33.3 Å². The lowest BCUT2D eigenvalue weighted by atomic mass is 10.1. The standard InChI is InChI=1S/C19H22N2O3S/c1-15(17-7-5-4-6-8-17)21(3)19(22)14-11-16-9-12-18(13-10-16)25(23,24)20-2/h4-15,20H,1-3H3/b14-11+. The zero-order chi connectivity index (χ0) is 18.4. The Hall–Kier alpha value is -2.44. The fourth-order valence-corrected chi connectivity index (χ4v) is 3.04. The minimum Gasteiger partial charge on any atom is -0.335 e. The Balaban J connectivity index is 2.07. The normalized spacial score (nSPS) is 12.9. The summed E-state index contributed by atoms with van der Waals surface area (Å²) in [5.41, 5.74) is 1.82. The van der Waals surface area contributed by atoms with Crippen molar-refractivity contribution in [2.75, 3.05) is 14.1 Å². The largest absolute Gasteiger partial charge is 0.335 e. The van der Waals surface area contributed by atoms with E-state index in [2.05, 4.69) is 4.72 Å². The summed E-state index contributed by atoms with van der Waals surface area (Å²) in [5, 5.41) is 0. The molecule has 2 aromatic rings. The number of rotatable bonds is 6. The average molecular weight is 358 g/mol. The highest BCUT2D eigenvalue weighted by Gasteiger charge is 2.15. The summed E-state index contributed by atoms with van der Waals surface area (Å²) in [5.74, 6) is -0.122. The monoisotopic (exact) mass is 358 g/mol. The Labute approximate surface area is 149 Å². The van der Waals surface area contributed by atoms with Gasteiger partial charge < -0.3 is 4.90 Å². The van der Waals surface area contributed by atoms with Gasteiger partial charge in [0.25, 0.3) is 0 Å². The van der Waals surface area contributed by atoms with Crippen LogP contribution in [0.25, 0.3) is 6.08 Å². The predicted molar refractivity (Wildman–Crippen MR) is 99.3 cm³/mol. The maximum Gasteiger partial charge on any atom is 0.246 e. The first-order chi connectivity index (χ1) is 11.8. The third-order valence-corrected chi connectivity index (χ3v) is 5.52. The molecule has 0 spiro atoms. The Morgan fingerprint density at radius 3 is 2.24 bits per heavy atom. The SMILES string of the molecule is CNS(=O)(=O)c1ccc(/C=C/C(=O)N(C)C(C)c2ccccc2)cc1. The van der Waals surface area contributed by atoms with Gasteiger partial charge in [-0.25, -0.2) is 13.1 Å². The minimum atomic E-state index is -3.45. The highest BCUT2D eigenvalue weighted by molar-refractivity contribution is 7.89. The van der Waals surface area contributed by atoms with Crippen LogP contribution < -0.4 is 4.72 Å². The van der Waals surface area contributed by atoms with Crippen LogP contribution in [0.4, 0.5) is 0 Å². The summed E-state index contributed by atoms with van der Waals surface area (Å²) >= 11 is 0. The third-order valence-electron chi connectivity index (χ3n) is 4.09. The van der Waals surface area contributed by atoms with Crippen LogP contribution in [0.5, 0.6) is 0 Å². The van der Waals surface area contributed by atoms with Crippen molar-refractivity contribution in [3.63, 3.8) is 0 Å². The second kappa shape index (κ2) is 8.09. The van der Waals surface area contributed by atoms with E-state index in [1.165, 1.54) is 25.3 Å². The number of hydrogen-bond donors (Lipinski definition) is 1. The highest BCUT2D eigenvalue weighted by atomic mass is 32.2. The second-order valence-corrected chi connectivity index (χ2v) is 7.53. The maximum absolute atomic E-state index is 12.3. The molecule has 0 aliphatic carbocycles. The van der Waals surface area contributed by atoms with Crippen LogP contribution in [0.15, 0.2) is 65.6 Å². The molecule has 132 valence electrons. The summed E-state index contributed by atoms with van der Waals surface area (Å²) in [4.78, 5) is 14.2. The number of hydrogen-bond acceptors (Lipinski definition) is 3. The van der Waals surface area contributed by atoms with Crippen LogP contribution in [0.3, 0.4) is 0 Å². The molecule has 5 nitrogen and oxygen atoms in total. The van der Waals surface area contributed by atoms with E-state index in [1.807, 2.05) is 37.3 Å². The number of carbonyl (C=O) groups is 1. The average Bonchev–Trinajstić information content (AvgIpc) is 2.65. The smallest absolute Gasteiger partial charge is 0.246 e. The second-order valence-electron chi connectivity index (χ2n) is 5.65. The summed E-state index contributed by atoms with van der Waals surface area (Å²) in [6.07, 6.45) is 3.16. The molecule has 6 heteroatoms. The van der Waals surface area contributed by atoms with Crippen LogP contribution >= 0.6 is 0 Å². The van der Waals surface area contributed by atoms with Gasteiger partial charge in [0, 0.05) is 13.1 Å². The molecule has 1 atom stereocenters. The molecule has 0 saturated carbocycles. The molecule has 0 aliphatic heterocycles. The molecule has 2 rings (SSSR count). The van der Waals surface area contributed by atoms with E-state index >= 15 is 0 Å². The number of amides is 1. The van der Waals surface area contributed by atoms with Crippen LogP contribution in [0.2, 0.25) is 0 Å². The molecular formula is C19H22N2O3S. The first kappa shape index (κ1) is 18.9. The van der Waals surface area contributed by atoms with Crippen molar-refractivity contribution in [1.82, 2.24) is 9.62 Å². The van der Waals surface area contributed by atoms with E-state index in [4.69, 9.17) is 0 Å². The van der Waals surface area contributed by atoms with Crippen molar-refractivity contribution in [2.45, 2.75) is 17.9 Å². The number of nitrogens with one attached hydrogen (secondary N) is 1. The quantitative estimate of drug-likeness (QED) is 0.808. The molecule has 0 aromatic heterocycles. The zero-order valence-corrected chi connectivity index (χ0v) is 15.3. The number of nitrogens with zero attached hydrogens (tertiary/aromatic N) is 1. The predicted octanol–water partition coefficient (Wildman–Crippen LogP) is 2.83. The summed E-state index contributed by atoms with van der Waals surface area (Å²) in [6.45, 7) is 1.97. The van der Waals surface area contributed by atoms with E-state index in [9.17, 15) is 13.2 Å². The number of carbonyl (C=O) groups excluding carboxylic acids is 1. The molecule has 0 saturated heterocycles. The third kappa shape index (κ3) is 4.78. The highest BCUT2D eigenvalue weighted by Crippen LogP contribution is 2.18.